The van der Waals surface area contributed by atoms with Crippen molar-refractivity contribution in [3.63, 3.8) is 0 Å². The summed E-state index contributed by atoms with van der Waals surface area (Å²) < 4.78 is 0. The van der Waals surface area contributed by atoms with E-state index in [0.29, 0.717) is 5.69 Å². The molecule has 0 unspecified atom stereocenters. The van der Waals surface area contributed by atoms with Crippen molar-refractivity contribution < 1.29 is 4.79 Å². The van der Waals surface area contributed by atoms with E-state index < -0.39 is 0 Å². The Labute approximate surface area is 121 Å². The molecule has 20 heavy (non-hydrogen) atoms. The molecule has 0 aliphatic carbocycles. The molecular formula is C14H14N4OS. The molecule has 0 aliphatic heterocycles. The number of rotatable bonds is 4. The smallest absolute Gasteiger partial charge is 0.238 e. The molecule has 2 N–H and O–H groups in total. The average molecular weight is 286 g/mol. The second-order valence-electron chi connectivity index (χ2n) is 4.24. The van der Waals surface area contributed by atoms with Crippen molar-refractivity contribution in [1.82, 2.24) is 10.2 Å². The molecule has 102 valence electrons. The highest BCUT2D eigenvalue weighted by molar-refractivity contribution is 7.99. The van der Waals surface area contributed by atoms with Crippen LogP contribution in [0.15, 0.2) is 34.1 Å². The van der Waals surface area contributed by atoms with Crippen LogP contribution in [0.4, 0.5) is 5.69 Å². The lowest BCUT2D eigenvalue weighted by Gasteiger charge is -2.09. The number of nitrogens with one attached hydrogen (secondary N) is 2. The first-order valence-electron chi connectivity index (χ1n) is 6.07. The number of benzene rings is 1. The van der Waals surface area contributed by atoms with E-state index in [1.54, 1.807) is 11.8 Å². The number of aryl methyl sites for hydroxylation is 2. The molecule has 0 fully saturated rings. The summed E-state index contributed by atoms with van der Waals surface area (Å²) in [4.78, 5) is 13.5. The van der Waals surface area contributed by atoms with Crippen molar-refractivity contribution in [2.75, 3.05) is 5.32 Å². The molecule has 6 heteroatoms. The van der Waals surface area contributed by atoms with Gasteiger partial charge in [0.05, 0.1) is 22.3 Å². The summed E-state index contributed by atoms with van der Waals surface area (Å²) >= 11 is 1.54. The molecule has 0 saturated heterocycles. The minimum Gasteiger partial charge on any atom is -0.324 e. The average Bonchev–Trinajstić information content (AvgIpc) is 2.73. The zero-order chi connectivity index (χ0) is 14.5. The van der Waals surface area contributed by atoms with Crippen molar-refractivity contribution in [1.29, 1.82) is 5.26 Å². The van der Waals surface area contributed by atoms with E-state index in [-0.39, 0.29) is 12.3 Å². The topological polar surface area (TPSA) is 81.6 Å². The van der Waals surface area contributed by atoms with E-state index >= 15 is 0 Å². The first kappa shape index (κ1) is 14.2. The molecule has 1 heterocycles. The number of nitrogens with zero attached hydrogens (tertiary/aromatic N) is 2. The highest BCUT2D eigenvalue weighted by atomic mass is 32.2. The molecule has 0 aliphatic rings. The van der Waals surface area contributed by atoms with Gasteiger partial charge in [-0.25, -0.2) is 0 Å². The minimum absolute atomic E-state index is 0.150. The fraction of sp³-hybridized carbons (Fsp3) is 0.214. The largest absolute Gasteiger partial charge is 0.324 e. The Morgan fingerprint density at radius 1 is 1.45 bits per heavy atom. The number of hydrogen-bond acceptors (Lipinski definition) is 4. The van der Waals surface area contributed by atoms with E-state index in [2.05, 4.69) is 15.5 Å². The number of amides is 1. The molecule has 0 spiro atoms. The van der Waals surface area contributed by atoms with Crippen molar-refractivity contribution in [3.8, 4) is 6.07 Å². The molecule has 1 amide bonds. The number of para-hydroxylation sites is 1. The first-order valence-corrected chi connectivity index (χ1v) is 6.88. The molecule has 1 aromatic heterocycles. The zero-order valence-corrected chi connectivity index (χ0v) is 12.0. The number of aromatic nitrogens is 2. The molecule has 2 rings (SSSR count). The molecule has 0 radical (unpaired) electrons. The van der Waals surface area contributed by atoms with Crippen LogP contribution < -0.4 is 5.32 Å². The van der Waals surface area contributed by atoms with Gasteiger partial charge in [-0.2, -0.15) is 10.4 Å². The normalized spacial score (nSPS) is 10.1. The van der Waals surface area contributed by atoms with Crippen LogP contribution in [0, 0.1) is 25.2 Å². The molecule has 2 aromatic rings. The van der Waals surface area contributed by atoms with E-state index in [0.717, 1.165) is 21.2 Å². The maximum absolute atomic E-state index is 11.5. The van der Waals surface area contributed by atoms with Crippen molar-refractivity contribution in [2.24, 2.45) is 0 Å². The zero-order valence-electron chi connectivity index (χ0n) is 11.2. The Kier molecular flexibility index (Phi) is 4.43. The van der Waals surface area contributed by atoms with Crippen LogP contribution in [0.5, 0.6) is 0 Å². The fourth-order valence-corrected chi connectivity index (χ4v) is 2.71. The third-order valence-corrected chi connectivity index (χ3v) is 4.05. The number of carbonyl (C=O) groups is 1. The standard InChI is InChI=1S/C14H14N4OS/c1-9-14(10(2)18-17-9)20-12-6-4-3-5-11(12)16-13(19)7-8-15/h3-6H,7H2,1-2H3,(H,16,19)(H,17,18). The van der Waals surface area contributed by atoms with E-state index in [9.17, 15) is 4.79 Å². The van der Waals surface area contributed by atoms with Crippen molar-refractivity contribution in [2.45, 2.75) is 30.1 Å². The molecular weight excluding hydrogens is 272 g/mol. The molecule has 1 aromatic carbocycles. The van der Waals surface area contributed by atoms with E-state index in [1.807, 2.05) is 44.2 Å². The number of carbonyl (C=O) groups excluding carboxylic acids is 1. The Morgan fingerprint density at radius 3 is 2.85 bits per heavy atom. The number of hydrogen-bond donors (Lipinski definition) is 2. The summed E-state index contributed by atoms with van der Waals surface area (Å²) in [5.41, 5.74) is 2.62. The molecule has 0 bridgehead atoms. The van der Waals surface area contributed by atoms with Gasteiger partial charge in [0, 0.05) is 10.6 Å². The van der Waals surface area contributed by atoms with Crippen LogP contribution in [-0.2, 0) is 4.79 Å². The van der Waals surface area contributed by atoms with Gasteiger partial charge in [-0.05, 0) is 26.0 Å². The quantitative estimate of drug-likeness (QED) is 0.905. The highest BCUT2D eigenvalue weighted by Gasteiger charge is 2.12. The van der Waals surface area contributed by atoms with Gasteiger partial charge in [0.1, 0.15) is 6.42 Å². The second-order valence-corrected chi connectivity index (χ2v) is 5.30. The van der Waals surface area contributed by atoms with Gasteiger partial charge in [0.25, 0.3) is 0 Å². The summed E-state index contributed by atoms with van der Waals surface area (Å²) in [7, 11) is 0. The summed E-state index contributed by atoms with van der Waals surface area (Å²) in [5.74, 6) is -0.304. The summed E-state index contributed by atoms with van der Waals surface area (Å²) in [5, 5.41) is 18.4. The Hall–Kier alpha value is -2.26. The van der Waals surface area contributed by atoms with Crippen LogP contribution in [0.3, 0.4) is 0 Å². The van der Waals surface area contributed by atoms with Crippen molar-refractivity contribution in [3.05, 3.63) is 35.7 Å². The van der Waals surface area contributed by atoms with Gasteiger partial charge >= 0.3 is 0 Å². The lowest BCUT2D eigenvalue weighted by Crippen LogP contribution is -2.10. The molecule has 5 nitrogen and oxygen atoms in total. The van der Waals surface area contributed by atoms with Crippen LogP contribution in [0.25, 0.3) is 0 Å². The lowest BCUT2D eigenvalue weighted by molar-refractivity contribution is -0.115. The third kappa shape index (κ3) is 3.19. The van der Waals surface area contributed by atoms with Gasteiger partial charge in [0.15, 0.2) is 0 Å². The fourth-order valence-electron chi connectivity index (χ4n) is 1.73. The van der Waals surface area contributed by atoms with Gasteiger partial charge < -0.3 is 5.32 Å². The van der Waals surface area contributed by atoms with Crippen LogP contribution in [0.2, 0.25) is 0 Å². The second kappa shape index (κ2) is 6.26. The maximum Gasteiger partial charge on any atom is 0.238 e. The summed E-state index contributed by atoms with van der Waals surface area (Å²) in [6.07, 6.45) is -0.150. The van der Waals surface area contributed by atoms with Gasteiger partial charge in [-0.1, -0.05) is 23.9 Å². The molecule has 0 atom stereocenters. The van der Waals surface area contributed by atoms with E-state index in [4.69, 9.17) is 5.26 Å². The summed E-state index contributed by atoms with van der Waals surface area (Å²) in [6.45, 7) is 3.89. The Bertz CT molecular complexity index is 653. The monoisotopic (exact) mass is 286 g/mol. The van der Waals surface area contributed by atoms with Crippen LogP contribution in [-0.4, -0.2) is 16.1 Å². The third-order valence-electron chi connectivity index (χ3n) is 2.67. The van der Waals surface area contributed by atoms with Gasteiger partial charge in [0.2, 0.25) is 5.91 Å². The summed E-state index contributed by atoms with van der Waals surface area (Å²) in [6, 6.07) is 9.35. The predicted molar refractivity (Wildman–Crippen MR) is 77.5 cm³/mol. The first-order chi connectivity index (χ1) is 9.61. The predicted octanol–water partition coefficient (Wildman–Crippen LogP) is 3.03. The number of H-pyrrole nitrogens is 1. The van der Waals surface area contributed by atoms with Crippen LogP contribution >= 0.6 is 11.8 Å². The van der Waals surface area contributed by atoms with Gasteiger partial charge in [-0.15, -0.1) is 0 Å². The number of nitriles is 1. The Balaban J connectivity index is 2.25. The number of aromatic amines is 1. The highest BCUT2D eigenvalue weighted by Crippen LogP contribution is 2.36. The Morgan fingerprint density at radius 2 is 2.20 bits per heavy atom. The number of anilines is 1. The minimum atomic E-state index is -0.304. The van der Waals surface area contributed by atoms with Gasteiger partial charge in [-0.3, -0.25) is 9.89 Å². The van der Waals surface area contributed by atoms with Crippen molar-refractivity contribution >= 4 is 23.4 Å². The van der Waals surface area contributed by atoms with Crippen LogP contribution in [0.1, 0.15) is 17.8 Å². The maximum atomic E-state index is 11.5. The van der Waals surface area contributed by atoms with E-state index in [1.165, 1.54) is 0 Å². The molecule has 0 saturated carbocycles. The SMILES string of the molecule is Cc1n[nH]c(C)c1Sc1ccccc1NC(=O)CC#N. The lowest BCUT2D eigenvalue weighted by atomic mass is 10.3.